The number of aryl methyl sites for hydroxylation is 2. The lowest BCUT2D eigenvalue weighted by Crippen LogP contribution is -2.30. The van der Waals surface area contributed by atoms with Crippen LogP contribution in [0.15, 0.2) is 32.4 Å². The number of nitrogens with one attached hydrogen (secondary N) is 1. The zero-order valence-electron chi connectivity index (χ0n) is 10.3. The monoisotopic (exact) mass is 319 g/mol. The molecule has 0 atom stereocenters. The number of H-pyrrole nitrogens is 1. The Hall–Kier alpha value is -2.13. The molecule has 0 unspecified atom stereocenters. The molecule has 1 aromatic carbocycles. The van der Waals surface area contributed by atoms with E-state index in [1.165, 1.54) is 10.8 Å². The van der Waals surface area contributed by atoms with Gasteiger partial charge in [0, 0.05) is 10.7 Å². The SMILES string of the molecule is Cc1cc(Br)cc(C)c1-n1cc(C#N)c(=O)[nH]c1=O. The van der Waals surface area contributed by atoms with E-state index in [0.717, 1.165) is 15.6 Å². The molecule has 0 aliphatic heterocycles. The number of aromatic amines is 1. The Morgan fingerprint density at radius 3 is 2.37 bits per heavy atom. The largest absolute Gasteiger partial charge is 0.333 e. The molecular weight excluding hydrogens is 310 g/mol. The molecule has 0 radical (unpaired) electrons. The molecule has 0 spiro atoms. The number of hydrogen-bond donors (Lipinski definition) is 1. The van der Waals surface area contributed by atoms with Crippen molar-refractivity contribution >= 4 is 15.9 Å². The summed E-state index contributed by atoms with van der Waals surface area (Å²) < 4.78 is 2.20. The molecule has 0 bridgehead atoms. The van der Waals surface area contributed by atoms with Crippen LogP contribution in [-0.2, 0) is 0 Å². The van der Waals surface area contributed by atoms with Crippen molar-refractivity contribution in [3.63, 3.8) is 0 Å². The maximum absolute atomic E-state index is 11.9. The Bertz CT molecular complexity index is 789. The molecule has 96 valence electrons. The van der Waals surface area contributed by atoms with E-state index < -0.39 is 11.2 Å². The summed E-state index contributed by atoms with van der Waals surface area (Å²) in [5, 5.41) is 8.87. The average Bonchev–Trinajstić information content (AvgIpc) is 2.30. The fourth-order valence-corrected chi connectivity index (χ4v) is 2.69. The van der Waals surface area contributed by atoms with E-state index in [2.05, 4.69) is 20.9 Å². The average molecular weight is 320 g/mol. The summed E-state index contributed by atoms with van der Waals surface area (Å²) >= 11 is 3.38. The fraction of sp³-hybridized carbons (Fsp3) is 0.154. The van der Waals surface area contributed by atoms with Gasteiger partial charge < -0.3 is 0 Å². The molecule has 1 aromatic heterocycles. The van der Waals surface area contributed by atoms with Crippen LogP contribution in [0.25, 0.3) is 5.69 Å². The molecule has 0 aliphatic rings. The molecular formula is C13H10BrN3O2. The number of nitriles is 1. The van der Waals surface area contributed by atoms with E-state index in [1.54, 1.807) is 6.07 Å². The van der Waals surface area contributed by atoms with Crippen molar-refractivity contribution in [2.75, 3.05) is 0 Å². The van der Waals surface area contributed by atoms with Crippen LogP contribution in [0.5, 0.6) is 0 Å². The van der Waals surface area contributed by atoms with Crippen LogP contribution in [0.3, 0.4) is 0 Å². The maximum Gasteiger partial charge on any atom is 0.333 e. The fourth-order valence-electron chi connectivity index (χ4n) is 2.00. The van der Waals surface area contributed by atoms with Gasteiger partial charge in [0.05, 0.1) is 5.69 Å². The van der Waals surface area contributed by atoms with Gasteiger partial charge in [0.1, 0.15) is 11.6 Å². The van der Waals surface area contributed by atoms with Gasteiger partial charge in [-0.25, -0.2) is 4.79 Å². The molecule has 19 heavy (non-hydrogen) atoms. The van der Waals surface area contributed by atoms with Crippen molar-refractivity contribution in [2.45, 2.75) is 13.8 Å². The smallest absolute Gasteiger partial charge is 0.273 e. The highest BCUT2D eigenvalue weighted by Gasteiger charge is 2.11. The standard InChI is InChI=1S/C13H10BrN3O2/c1-7-3-10(14)4-8(2)11(7)17-6-9(5-15)12(18)16-13(17)19/h3-4,6H,1-2H3,(H,16,18,19). The Morgan fingerprint density at radius 2 is 1.84 bits per heavy atom. The third kappa shape index (κ3) is 2.37. The normalized spacial score (nSPS) is 10.2. The number of benzene rings is 1. The van der Waals surface area contributed by atoms with Crippen molar-refractivity contribution in [1.82, 2.24) is 9.55 Å². The highest BCUT2D eigenvalue weighted by molar-refractivity contribution is 9.10. The first-order valence-electron chi connectivity index (χ1n) is 5.47. The summed E-state index contributed by atoms with van der Waals surface area (Å²) in [6.07, 6.45) is 1.27. The Balaban J connectivity index is 2.84. The Kier molecular flexibility index (Phi) is 3.40. The highest BCUT2D eigenvalue weighted by atomic mass is 79.9. The topological polar surface area (TPSA) is 78.7 Å². The zero-order chi connectivity index (χ0) is 14.2. The van der Waals surface area contributed by atoms with Crippen molar-refractivity contribution in [1.29, 1.82) is 5.26 Å². The second kappa shape index (κ2) is 4.86. The molecule has 0 fully saturated rings. The molecule has 0 amide bonds. The van der Waals surface area contributed by atoms with E-state index in [4.69, 9.17) is 5.26 Å². The van der Waals surface area contributed by atoms with Gasteiger partial charge in [0.15, 0.2) is 0 Å². The number of rotatable bonds is 1. The lowest BCUT2D eigenvalue weighted by Gasteiger charge is -2.12. The summed E-state index contributed by atoms with van der Waals surface area (Å²) in [5.74, 6) is 0. The Morgan fingerprint density at radius 1 is 1.26 bits per heavy atom. The van der Waals surface area contributed by atoms with Gasteiger partial charge >= 0.3 is 5.69 Å². The minimum absolute atomic E-state index is 0.0960. The molecule has 6 heteroatoms. The van der Waals surface area contributed by atoms with E-state index in [0.29, 0.717) is 5.69 Å². The van der Waals surface area contributed by atoms with Crippen molar-refractivity contribution in [3.05, 3.63) is 60.3 Å². The third-order valence-electron chi connectivity index (χ3n) is 2.76. The second-order valence-corrected chi connectivity index (χ2v) is 5.09. The number of halogens is 1. The van der Waals surface area contributed by atoms with Crippen LogP contribution >= 0.6 is 15.9 Å². The minimum atomic E-state index is -0.670. The predicted octanol–water partition coefficient (Wildman–Crippen LogP) is 1.78. The van der Waals surface area contributed by atoms with E-state index >= 15 is 0 Å². The molecule has 0 saturated carbocycles. The summed E-state index contributed by atoms with van der Waals surface area (Å²) in [5.41, 5.74) is 1.07. The molecule has 0 aliphatic carbocycles. The van der Waals surface area contributed by atoms with E-state index in [-0.39, 0.29) is 5.56 Å². The van der Waals surface area contributed by atoms with E-state index in [1.807, 2.05) is 26.0 Å². The van der Waals surface area contributed by atoms with Gasteiger partial charge in [0.25, 0.3) is 5.56 Å². The van der Waals surface area contributed by atoms with Crippen molar-refractivity contribution in [2.24, 2.45) is 0 Å². The zero-order valence-corrected chi connectivity index (χ0v) is 11.9. The maximum atomic E-state index is 11.9. The summed E-state index contributed by atoms with van der Waals surface area (Å²) in [4.78, 5) is 25.4. The Labute approximate surface area is 117 Å². The van der Waals surface area contributed by atoms with Crippen LogP contribution in [0, 0.1) is 25.2 Å². The van der Waals surface area contributed by atoms with Gasteiger partial charge in [-0.1, -0.05) is 15.9 Å². The van der Waals surface area contributed by atoms with E-state index in [9.17, 15) is 9.59 Å². The van der Waals surface area contributed by atoms with Gasteiger partial charge in [-0.3, -0.25) is 14.3 Å². The van der Waals surface area contributed by atoms with Crippen molar-refractivity contribution < 1.29 is 0 Å². The van der Waals surface area contributed by atoms with Crippen LogP contribution < -0.4 is 11.2 Å². The van der Waals surface area contributed by atoms with Crippen LogP contribution in [0.4, 0.5) is 0 Å². The number of aromatic nitrogens is 2. The molecule has 1 N–H and O–H groups in total. The van der Waals surface area contributed by atoms with Gasteiger partial charge in [-0.05, 0) is 37.1 Å². The second-order valence-electron chi connectivity index (χ2n) is 4.17. The molecule has 0 saturated heterocycles. The van der Waals surface area contributed by atoms with Gasteiger partial charge in [0.2, 0.25) is 0 Å². The lowest BCUT2D eigenvalue weighted by molar-refractivity contribution is 0.876. The van der Waals surface area contributed by atoms with Crippen LogP contribution in [-0.4, -0.2) is 9.55 Å². The lowest BCUT2D eigenvalue weighted by atomic mass is 10.1. The number of hydrogen-bond acceptors (Lipinski definition) is 3. The number of nitrogens with zero attached hydrogens (tertiary/aromatic N) is 2. The van der Waals surface area contributed by atoms with Gasteiger partial charge in [-0.15, -0.1) is 0 Å². The predicted molar refractivity (Wildman–Crippen MR) is 74.5 cm³/mol. The highest BCUT2D eigenvalue weighted by Crippen LogP contribution is 2.22. The summed E-state index contributed by atoms with van der Waals surface area (Å²) in [7, 11) is 0. The summed E-state index contributed by atoms with van der Waals surface area (Å²) in [6.45, 7) is 3.72. The molecule has 2 aromatic rings. The van der Waals surface area contributed by atoms with Crippen molar-refractivity contribution in [3.8, 4) is 11.8 Å². The third-order valence-corrected chi connectivity index (χ3v) is 3.22. The van der Waals surface area contributed by atoms with Gasteiger partial charge in [-0.2, -0.15) is 5.26 Å². The minimum Gasteiger partial charge on any atom is -0.273 e. The molecule has 2 rings (SSSR count). The van der Waals surface area contributed by atoms with Crippen LogP contribution in [0.2, 0.25) is 0 Å². The first-order valence-corrected chi connectivity index (χ1v) is 6.26. The van der Waals surface area contributed by atoms with Crippen LogP contribution in [0.1, 0.15) is 16.7 Å². The molecule has 1 heterocycles. The molecule has 5 nitrogen and oxygen atoms in total. The first-order chi connectivity index (χ1) is 8.93. The first kappa shape index (κ1) is 13.3. The quantitative estimate of drug-likeness (QED) is 0.870. The summed E-state index contributed by atoms with van der Waals surface area (Å²) in [6, 6.07) is 5.50.